The summed E-state index contributed by atoms with van der Waals surface area (Å²) in [7, 11) is 0. The third kappa shape index (κ3) is 10.7. The van der Waals surface area contributed by atoms with Crippen molar-refractivity contribution in [2.24, 2.45) is 0 Å². The summed E-state index contributed by atoms with van der Waals surface area (Å²) < 4.78 is 13.2. The van der Waals surface area contributed by atoms with Crippen LogP contribution in [0.15, 0.2) is 72.9 Å². The molecule has 0 aliphatic heterocycles. The van der Waals surface area contributed by atoms with Gasteiger partial charge in [0.1, 0.15) is 11.6 Å². The summed E-state index contributed by atoms with van der Waals surface area (Å²) in [5.74, 6) is -1.39. The average molecular weight is 517 g/mol. The van der Waals surface area contributed by atoms with E-state index in [1.165, 1.54) is 12.1 Å². The molecule has 190 valence electrons. The Labute approximate surface area is 237 Å². The topological polar surface area (TPSA) is 120 Å². The molecule has 3 aromatic rings. The molecule has 0 bridgehead atoms. The van der Waals surface area contributed by atoms with Crippen molar-refractivity contribution in [1.82, 2.24) is 15.6 Å². The predicted molar refractivity (Wildman–Crippen MR) is 142 cm³/mol. The molecule has 1 aromatic heterocycles. The van der Waals surface area contributed by atoms with E-state index < -0.39 is 17.9 Å². The standard InChI is InChI=1S/C27H29FN4O4.Na.H/c28-22-12-10-19(11-13-22)20-6-5-7-21(16-20)23(17-27(35)36)32-26(34)18-31-25(33)9-2-4-15-30-24-8-1-3-14-29-24;;/h1,3,5-8,10-14,16,23H,2,4,9,15,17-18H2,(H,29,30)(H,31,33)(H,32,34)(H,35,36);;. The molecular formula is C27H30FN4NaO4. The fourth-order valence-electron chi connectivity index (χ4n) is 3.61. The number of hydrogen-bond donors (Lipinski definition) is 4. The number of anilines is 1. The number of amides is 2. The van der Waals surface area contributed by atoms with Crippen LogP contribution in [0.1, 0.15) is 37.3 Å². The van der Waals surface area contributed by atoms with Crippen LogP contribution in [-0.2, 0) is 14.4 Å². The Balaban J connectivity index is 0.00000481. The van der Waals surface area contributed by atoms with Crippen molar-refractivity contribution in [1.29, 1.82) is 0 Å². The Morgan fingerprint density at radius 3 is 2.41 bits per heavy atom. The molecule has 1 heterocycles. The summed E-state index contributed by atoms with van der Waals surface area (Å²) in [4.78, 5) is 40.1. The summed E-state index contributed by atoms with van der Waals surface area (Å²) >= 11 is 0. The van der Waals surface area contributed by atoms with Crippen LogP contribution in [0.4, 0.5) is 10.2 Å². The van der Waals surface area contributed by atoms with E-state index in [1.807, 2.05) is 24.3 Å². The summed E-state index contributed by atoms with van der Waals surface area (Å²) in [6.07, 6.45) is 3.06. The zero-order valence-electron chi connectivity index (χ0n) is 19.7. The Kier molecular flexibility index (Phi) is 12.8. The van der Waals surface area contributed by atoms with Gasteiger partial charge in [-0.25, -0.2) is 9.37 Å². The molecule has 0 aliphatic carbocycles. The van der Waals surface area contributed by atoms with E-state index in [0.29, 0.717) is 18.5 Å². The van der Waals surface area contributed by atoms with Gasteiger partial charge < -0.3 is 21.1 Å². The number of nitrogens with zero attached hydrogens (tertiary/aromatic N) is 1. The van der Waals surface area contributed by atoms with E-state index in [-0.39, 0.29) is 60.7 Å². The van der Waals surface area contributed by atoms with Crippen molar-refractivity contribution >= 4 is 53.2 Å². The van der Waals surface area contributed by atoms with Crippen LogP contribution in [0, 0.1) is 5.82 Å². The number of aliphatic carboxylic acids is 1. The molecule has 0 aliphatic rings. The minimum atomic E-state index is -1.07. The monoisotopic (exact) mass is 516 g/mol. The van der Waals surface area contributed by atoms with Gasteiger partial charge in [-0.05, 0) is 59.9 Å². The minimum absolute atomic E-state index is 0. The van der Waals surface area contributed by atoms with Gasteiger partial charge in [0, 0.05) is 19.2 Å². The number of carboxylic acids is 1. The molecule has 2 amide bonds. The molecule has 37 heavy (non-hydrogen) atoms. The molecule has 0 radical (unpaired) electrons. The summed E-state index contributed by atoms with van der Waals surface area (Å²) in [5, 5.41) is 17.8. The van der Waals surface area contributed by atoms with E-state index in [9.17, 15) is 23.9 Å². The van der Waals surface area contributed by atoms with Crippen LogP contribution in [0.3, 0.4) is 0 Å². The van der Waals surface area contributed by atoms with Crippen molar-refractivity contribution in [2.75, 3.05) is 18.4 Å². The van der Waals surface area contributed by atoms with Crippen LogP contribution >= 0.6 is 0 Å². The summed E-state index contributed by atoms with van der Waals surface area (Å²) in [5.41, 5.74) is 2.13. The van der Waals surface area contributed by atoms with Gasteiger partial charge in [-0.15, -0.1) is 0 Å². The van der Waals surface area contributed by atoms with Gasteiger partial charge in [0.25, 0.3) is 0 Å². The van der Waals surface area contributed by atoms with Crippen LogP contribution in [0.5, 0.6) is 0 Å². The number of benzene rings is 2. The zero-order chi connectivity index (χ0) is 25.8. The Morgan fingerprint density at radius 2 is 1.70 bits per heavy atom. The van der Waals surface area contributed by atoms with Crippen LogP contribution in [-0.4, -0.2) is 70.5 Å². The van der Waals surface area contributed by atoms with Crippen molar-refractivity contribution in [3.63, 3.8) is 0 Å². The number of nitrogens with one attached hydrogen (secondary N) is 3. The molecule has 0 fully saturated rings. The van der Waals surface area contributed by atoms with Crippen LogP contribution in [0.25, 0.3) is 11.1 Å². The number of rotatable bonds is 13. The number of carbonyl (C=O) groups is 3. The molecule has 10 heteroatoms. The molecule has 1 unspecified atom stereocenters. The summed E-state index contributed by atoms with van der Waals surface area (Å²) in [6.45, 7) is 0.428. The second kappa shape index (κ2) is 15.8. The number of pyridine rings is 1. The second-order valence-electron chi connectivity index (χ2n) is 8.23. The van der Waals surface area contributed by atoms with Crippen molar-refractivity contribution in [2.45, 2.75) is 31.7 Å². The van der Waals surface area contributed by atoms with E-state index in [2.05, 4.69) is 20.9 Å². The van der Waals surface area contributed by atoms with Gasteiger partial charge in [0.05, 0.1) is 19.0 Å². The molecule has 0 saturated heterocycles. The molecule has 8 nitrogen and oxygen atoms in total. The zero-order valence-corrected chi connectivity index (χ0v) is 19.7. The Hall–Kier alpha value is -3.27. The molecule has 3 rings (SSSR count). The number of hydrogen-bond acceptors (Lipinski definition) is 5. The maximum absolute atomic E-state index is 13.2. The molecule has 1 atom stereocenters. The fraction of sp³-hybridized carbons (Fsp3) is 0.259. The summed E-state index contributed by atoms with van der Waals surface area (Å²) in [6, 6.07) is 17.8. The molecule has 0 spiro atoms. The molecule has 2 aromatic carbocycles. The number of unbranched alkanes of at least 4 members (excludes halogenated alkanes) is 1. The molecule has 4 N–H and O–H groups in total. The number of carbonyl (C=O) groups excluding carboxylic acids is 2. The maximum atomic E-state index is 13.2. The molecule has 0 saturated carbocycles. The number of carboxylic acid groups (broad SMARTS) is 1. The van der Waals surface area contributed by atoms with Gasteiger partial charge in [-0.1, -0.05) is 36.4 Å². The Bertz CT molecular complexity index is 1160. The Morgan fingerprint density at radius 1 is 0.919 bits per heavy atom. The number of aromatic nitrogens is 1. The third-order valence-corrected chi connectivity index (χ3v) is 5.43. The van der Waals surface area contributed by atoms with Gasteiger partial charge in [-0.2, -0.15) is 0 Å². The normalized spacial score (nSPS) is 11.1. The van der Waals surface area contributed by atoms with Gasteiger partial charge in [0.15, 0.2) is 0 Å². The van der Waals surface area contributed by atoms with Crippen molar-refractivity contribution in [3.05, 3.63) is 84.3 Å². The quantitative estimate of drug-likeness (QED) is 0.205. The number of halogens is 1. The average Bonchev–Trinajstić information content (AvgIpc) is 2.88. The van der Waals surface area contributed by atoms with E-state index >= 15 is 0 Å². The van der Waals surface area contributed by atoms with Crippen molar-refractivity contribution < 1.29 is 23.9 Å². The van der Waals surface area contributed by atoms with E-state index in [4.69, 9.17) is 0 Å². The van der Waals surface area contributed by atoms with Crippen LogP contribution in [0.2, 0.25) is 0 Å². The van der Waals surface area contributed by atoms with E-state index in [0.717, 1.165) is 23.4 Å². The second-order valence-corrected chi connectivity index (χ2v) is 8.23. The van der Waals surface area contributed by atoms with Crippen LogP contribution < -0.4 is 16.0 Å². The SMILES string of the molecule is O=C(O)CC(NC(=O)CNC(=O)CCCCNc1ccccn1)c1cccc(-c2ccc(F)cc2)c1.[NaH]. The fourth-order valence-corrected chi connectivity index (χ4v) is 3.61. The first-order valence-electron chi connectivity index (χ1n) is 11.7. The first-order valence-corrected chi connectivity index (χ1v) is 11.7. The molecular weight excluding hydrogens is 486 g/mol. The van der Waals surface area contributed by atoms with Gasteiger partial charge in [0.2, 0.25) is 11.8 Å². The van der Waals surface area contributed by atoms with Crippen molar-refractivity contribution in [3.8, 4) is 11.1 Å². The first-order chi connectivity index (χ1) is 17.4. The van der Waals surface area contributed by atoms with Gasteiger partial charge in [-0.3, -0.25) is 14.4 Å². The third-order valence-electron chi connectivity index (χ3n) is 5.43. The van der Waals surface area contributed by atoms with Gasteiger partial charge >= 0.3 is 35.5 Å². The van der Waals surface area contributed by atoms with E-state index in [1.54, 1.807) is 36.5 Å². The first kappa shape index (κ1) is 30.0. The predicted octanol–water partition coefficient (Wildman–Crippen LogP) is 3.27.